The van der Waals surface area contributed by atoms with Gasteiger partial charge in [0.25, 0.3) is 0 Å². The first-order valence-electron chi connectivity index (χ1n) is 8.70. The molecule has 0 heterocycles. The number of ether oxygens (including phenoxy) is 2. The molecule has 4 aromatic rings. The molecule has 0 aliphatic carbocycles. The number of hydrogen-bond acceptors (Lipinski definition) is 3. The molecule has 0 radical (unpaired) electrons. The van der Waals surface area contributed by atoms with E-state index in [1.54, 1.807) is 7.11 Å². The normalized spacial score (nSPS) is 11.0. The number of halogens is 2. The third-order valence-electron chi connectivity index (χ3n) is 4.64. The number of esters is 1. The van der Waals surface area contributed by atoms with Crippen LogP contribution in [0.1, 0.15) is 5.56 Å². The van der Waals surface area contributed by atoms with E-state index in [1.165, 1.54) is 0 Å². The first-order chi connectivity index (χ1) is 13.6. The van der Waals surface area contributed by atoms with Gasteiger partial charge in [-0.3, -0.25) is 4.79 Å². The molecular formula is C23H16Br2O3. The molecule has 0 amide bonds. The third kappa shape index (κ3) is 3.64. The Kier molecular flexibility index (Phi) is 5.38. The summed E-state index contributed by atoms with van der Waals surface area (Å²) in [6.07, 6.45) is 0.113. The van der Waals surface area contributed by atoms with Crippen LogP contribution in [0.5, 0.6) is 11.5 Å². The van der Waals surface area contributed by atoms with Gasteiger partial charge in [-0.05, 0) is 61.7 Å². The molecule has 0 aromatic heterocycles. The molecular weight excluding hydrogens is 484 g/mol. The molecule has 0 fully saturated rings. The van der Waals surface area contributed by atoms with E-state index in [4.69, 9.17) is 9.47 Å². The summed E-state index contributed by atoms with van der Waals surface area (Å²) in [7, 11) is 1.61. The van der Waals surface area contributed by atoms with Crippen LogP contribution >= 0.6 is 31.9 Å². The number of methoxy groups -OCH3 is 1. The molecule has 0 bridgehead atoms. The molecule has 0 spiro atoms. The lowest BCUT2D eigenvalue weighted by Crippen LogP contribution is -2.12. The minimum absolute atomic E-state index is 0.113. The fraction of sp³-hybridized carbons (Fsp3) is 0.0870. The zero-order valence-electron chi connectivity index (χ0n) is 15.0. The summed E-state index contributed by atoms with van der Waals surface area (Å²) in [5, 5.41) is 4.08. The van der Waals surface area contributed by atoms with Gasteiger partial charge in [0.05, 0.1) is 18.0 Å². The molecule has 140 valence electrons. The van der Waals surface area contributed by atoms with Crippen molar-refractivity contribution in [3.05, 3.63) is 81.2 Å². The van der Waals surface area contributed by atoms with Gasteiger partial charge in [-0.2, -0.15) is 0 Å². The van der Waals surface area contributed by atoms with Gasteiger partial charge in [-0.25, -0.2) is 0 Å². The molecule has 5 heteroatoms. The van der Waals surface area contributed by atoms with Crippen molar-refractivity contribution >= 4 is 59.4 Å². The smallest absolute Gasteiger partial charge is 0.315 e. The van der Waals surface area contributed by atoms with Crippen molar-refractivity contribution in [2.75, 3.05) is 7.11 Å². The van der Waals surface area contributed by atoms with E-state index in [9.17, 15) is 4.79 Å². The lowest BCUT2D eigenvalue weighted by atomic mass is 10.0. The summed E-state index contributed by atoms with van der Waals surface area (Å²) in [5.41, 5.74) is 0.814. The lowest BCUT2D eigenvalue weighted by Gasteiger charge is -2.13. The molecule has 4 rings (SSSR count). The van der Waals surface area contributed by atoms with E-state index in [-0.39, 0.29) is 12.4 Å². The van der Waals surface area contributed by atoms with Gasteiger partial charge in [-0.1, -0.05) is 58.4 Å². The third-order valence-corrected chi connectivity index (χ3v) is 5.95. The summed E-state index contributed by atoms with van der Waals surface area (Å²) >= 11 is 7.05. The molecule has 0 N–H and O–H groups in total. The van der Waals surface area contributed by atoms with Crippen LogP contribution in [-0.2, 0) is 11.2 Å². The molecule has 0 unspecified atom stereocenters. The number of carbonyl (C=O) groups excluding carboxylic acids is 1. The number of carbonyl (C=O) groups is 1. The van der Waals surface area contributed by atoms with E-state index in [2.05, 4.69) is 31.9 Å². The minimum atomic E-state index is -0.343. The van der Waals surface area contributed by atoms with Crippen LogP contribution in [0.2, 0.25) is 0 Å². The van der Waals surface area contributed by atoms with E-state index >= 15 is 0 Å². The van der Waals surface area contributed by atoms with Crippen LogP contribution in [0.15, 0.2) is 75.7 Å². The van der Waals surface area contributed by atoms with Crippen molar-refractivity contribution in [2.24, 2.45) is 0 Å². The second kappa shape index (κ2) is 7.94. The summed E-state index contributed by atoms with van der Waals surface area (Å²) in [5.74, 6) is 0.833. The van der Waals surface area contributed by atoms with Crippen LogP contribution in [0.3, 0.4) is 0 Å². The van der Waals surface area contributed by atoms with Gasteiger partial charge in [-0.15, -0.1) is 0 Å². The molecule has 0 atom stereocenters. The maximum Gasteiger partial charge on any atom is 0.315 e. The standard InChI is InChI=1S/C23H16Br2O3/c1-27-20-10-7-15-12-16(24)8-9-17(15)19(20)13-22(26)28-21-11-6-14-4-2-3-5-18(14)23(21)25/h2-12H,13H2,1H3. The van der Waals surface area contributed by atoms with Crippen molar-refractivity contribution in [1.82, 2.24) is 0 Å². The second-order valence-electron chi connectivity index (χ2n) is 6.36. The lowest BCUT2D eigenvalue weighted by molar-refractivity contribution is -0.133. The maximum atomic E-state index is 12.7. The Balaban J connectivity index is 1.67. The van der Waals surface area contributed by atoms with Crippen molar-refractivity contribution in [3.63, 3.8) is 0 Å². The molecule has 4 aromatic carbocycles. The SMILES string of the molecule is COc1ccc2cc(Br)ccc2c1CC(=O)Oc1ccc2ccccc2c1Br. The van der Waals surface area contributed by atoms with Crippen LogP contribution < -0.4 is 9.47 Å². The summed E-state index contributed by atoms with van der Waals surface area (Å²) < 4.78 is 12.9. The summed E-state index contributed by atoms with van der Waals surface area (Å²) in [6, 6.07) is 21.5. The zero-order valence-corrected chi connectivity index (χ0v) is 18.2. The number of hydrogen-bond donors (Lipinski definition) is 0. The predicted octanol–water partition coefficient (Wildman–Crippen LogP) is 6.67. The molecule has 28 heavy (non-hydrogen) atoms. The Morgan fingerprint density at radius 3 is 2.43 bits per heavy atom. The van der Waals surface area contributed by atoms with Crippen LogP contribution in [0.4, 0.5) is 0 Å². The van der Waals surface area contributed by atoms with Crippen molar-refractivity contribution in [2.45, 2.75) is 6.42 Å². The average Bonchev–Trinajstić information content (AvgIpc) is 2.70. The van der Waals surface area contributed by atoms with Gasteiger partial charge in [0.15, 0.2) is 0 Å². The topological polar surface area (TPSA) is 35.5 Å². The Hall–Kier alpha value is -2.37. The van der Waals surface area contributed by atoms with Crippen molar-refractivity contribution < 1.29 is 14.3 Å². The van der Waals surface area contributed by atoms with Gasteiger partial charge in [0, 0.05) is 10.0 Å². The molecule has 0 aliphatic rings. The highest BCUT2D eigenvalue weighted by Gasteiger charge is 2.16. The molecule has 3 nitrogen and oxygen atoms in total. The number of benzene rings is 4. The van der Waals surface area contributed by atoms with Gasteiger partial charge < -0.3 is 9.47 Å². The summed E-state index contributed by atoms with van der Waals surface area (Å²) in [6.45, 7) is 0. The molecule has 0 saturated carbocycles. The zero-order chi connectivity index (χ0) is 19.7. The van der Waals surface area contributed by atoms with Crippen LogP contribution in [-0.4, -0.2) is 13.1 Å². The Labute approximate surface area is 179 Å². The van der Waals surface area contributed by atoms with E-state index in [1.807, 2.05) is 66.7 Å². The highest BCUT2D eigenvalue weighted by Crippen LogP contribution is 2.34. The molecule has 0 aliphatic heterocycles. The maximum absolute atomic E-state index is 12.7. The van der Waals surface area contributed by atoms with Crippen molar-refractivity contribution in [1.29, 1.82) is 0 Å². The first-order valence-corrected chi connectivity index (χ1v) is 10.3. The quantitative estimate of drug-likeness (QED) is 0.232. The highest BCUT2D eigenvalue weighted by molar-refractivity contribution is 9.11. The van der Waals surface area contributed by atoms with E-state index < -0.39 is 0 Å². The Morgan fingerprint density at radius 2 is 1.61 bits per heavy atom. The minimum Gasteiger partial charge on any atom is -0.496 e. The fourth-order valence-electron chi connectivity index (χ4n) is 3.31. The van der Waals surface area contributed by atoms with Crippen LogP contribution in [0.25, 0.3) is 21.5 Å². The average molecular weight is 500 g/mol. The second-order valence-corrected chi connectivity index (χ2v) is 8.07. The summed E-state index contributed by atoms with van der Waals surface area (Å²) in [4.78, 5) is 12.7. The number of rotatable bonds is 4. The largest absolute Gasteiger partial charge is 0.496 e. The van der Waals surface area contributed by atoms with E-state index in [0.29, 0.717) is 11.5 Å². The predicted molar refractivity (Wildman–Crippen MR) is 119 cm³/mol. The fourth-order valence-corrected chi connectivity index (χ4v) is 4.27. The monoisotopic (exact) mass is 498 g/mol. The Bertz CT molecular complexity index is 1200. The van der Waals surface area contributed by atoms with Gasteiger partial charge >= 0.3 is 5.97 Å². The van der Waals surface area contributed by atoms with Crippen LogP contribution in [0, 0.1) is 0 Å². The molecule has 0 saturated heterocycles. The van der Waals surface area contributed by atoms with Gasteiger partial charge in [0.1, 0.15) is 11.5 Å². The first kappa shape index (κ1) is 19.0. The van der Waals surface area contributed by atoms with Gasteiger partial charge in [0.2, 0.25) is 0 Å². The Morgan fingerprint density at radius 1 is 0.857 bits per heavy atom. The van der Waals surface area contributed by atoms with E-state index in [0.717, 1.165) is 36.1 Å². The highest BCUT2D eigenvalue weighted by atomic mass is 79.9. The number of fused-ring (bicyclic) bond motifs is 2. The van der Waals surface area contributed by atoms with Crippen molar-refractivity contribution in [3.8, 4) is 11.5 Å².